The number of carbonyl (C=O) groups excluding carboxylic acids is 1. The molecule has 9 heteroatoms. The molecule has 2 aromatic carbocycles. The number of aromatic nitrogens is 2. The van der Waals surface area contributed by atoms with Gasteiger partial charge in [-0.15, -0.1) is 0 Å². The Morgan fingerprint density at radius 1 is 1.28 bits per heavy atom. The summed E-state index contributed by atoms with van der Waals surface area (Å²) >= 11 is 7.17. The molecular formula is C23H23ClN4O3S. The van der Waals surface area contributed by atoms with Gasteiger partial charge in [0.05, 0.1) is 24.1 Å². The van der Waals surface area contributed by atoms with Gasteiger partial charge in [0.25, 0.3) is 5.56 Å². The van der Waals surface area contributed by atoms with Gasteiger partial charge in [-0.1, -0.05) is 41.6 Å². The summed E-state index contributed by atoms with van der Waals surface area (Å²) in [6.45, 7) is 2.10. The van der Waals surface area contributed by atoms with E-state index in [1.807, 2.05) is 30.3 Å². The molecule has 1 aliphatic heterocycles. The van der Waals surface area contributed by atoms with E-state index in [1.54, 1.807) is 25.3 Å². The molecule has 0 saturated heterocycles. The fourth-order valence-corrected chi connectivity index (χ4v) is 4.35. The summed E-state index contributed by atoms with van der Waals surface area (Å²) in [5.74, 6) is 0.626. The second-order valence-electron chi connectivity index (χ2n) is 7.45. The number of carbonyl (C=O) groups is 1. The largest absolute Gasteiger partial charge is 0.497 e. The van der Waals surface area contributed by atoms with Crippen molar-refractivity contribution in [2.45, 2.75) is 24.7 Å². The monoisotopic (exact) mass is 470 g/mol. The normalized spacial score (nSPS) is 13.4. The SMILES string of the molecule is COc1cccc(NC(=O)CSc2nc3c(c(=O)[nH]2)CN(Cc2ccc(Cl)cc2)CC3)c1. The van der Waals surface area contributed by atoms with Crippen molar-refractivity contribution < 1.29 is 9.53 Å². The zero-order valence-electron chi connectivity index (χ0n) is 17.6. The van der Waals surface area contributed by atoms with E-state index < -0.39 is 0 Å². The van der Waals surface area contributed by atoms with Crippen LogP contribution in [0.2, 0.25) is 5.02 Å². The average molecular weight is 471 g/mol. The Labute approximate surface area is 195 Å². The molecule has 4 rings (SSSR count). The maximum Gasteiger partial charge on any atom is 0.256 e. The number of benzene rings is 2. The minimum atomic E-state index is -0.183. The summed E-state index contributed by atoms with van der Waals surface area (Å²) in [6, 6.07) is 14.9. The summed E-state index contributed by atoms with van der Waals surface area (Å²) in [4.78, 5) is 34.6. The van der Waals surface area contributed by atoms with Crippen LogP contribution in [0.3, 0.4) is 0 Å². The highest BCUT2D eigenvalue weighted by atomic mass is 35.5. The number of nitrogens with one attached hydrogen (secondary N) is 2. The van der Waals surface area contributed by atoms with E-state index in [9.17, 15) is 9.59 Å². The summed E-state index contributed by atoms with van der Waals surface area (Å²) in [5.41, 5.74) is 3.15. The Balaban J connectivity index is 1.36. The van der Waals surface area contributed by atoms with Crippen LogP contribution in [0.25, 0.3) is 0 Å². The number of ether oxygens (including phenoxy) is 1. The molecule has 0 saturated carbocycles. The molecular weight excluding hydrogens is 448 g/mol. The van der Waals surface area contributed by atoms with E-state index in [-0.39, 0.29) is 17.2 Å². The van der Waals surface area contributed by atoms with Crippen molar-refractivity contribution in [1.29, 1.82) is 0 Å². The Hall–Kier alpha value is -2.81. The van der Waals surface area contributed by atoms with Gasteiger partial charge >= 0.3 is 0 Å². The minimum Gasteiger partial charge on any atom is -0.497 e. The Morgan fingerprint density at radius 2 is 2.09 bits per heavy atom. The molecule has 2 N–H and O–H groups in total. The molecule has 0 atom stereocenters. The topological polar surface area (TPSA) is 87.3 Å². The number of hydrogen-bond donors (Lipinski definition) is 2. The van der Waals surface area contributed by atoms with Crippen molar-refractivity contribution >= 4 is 35.0 Å². The molecule has 1 aromatic heterocycles. The second kappa shape index (κ2) is 10.2. The van der Waals surface area contributed by atoms with Crippen LogP contribution in [0, 0.1) is 0 Å². The molecule has 3 aromatic rings. The summed E-state index contributed by atoms with van der Waals surface area (Å²) < 4.78 is 5.16. The predicted molar refractivity (Wildman–Crippen MR) is 126 cm³/mol. The fourth-order valence-electron chi connectivity index (χ4n) is 3.54. The number of nitrogens with zero attached hydrogens (tertiary/aromatic N) is 2. The van der Waals surface area contributed by atoms with Crippen molar-refractivity contribution in [2.75, 3.05) is 24.7 Å². The number of rotatable bonds is 7. The Kier molecular flexibility index (Phi) is 7.14. The number of hydrogen-bond acceptors (Lipinski definition) is 6. The maximum atomic E-state index is 12.7. The fraction of sp³-hybridized carbons (Fsp3) is 0.261. The first-order valence-corrected chi connectivity index (χ1v) is 11.5. The van der Waals surface area contributed by atoms with Gasteiger partial charge in [0.2, 0.25) is 5.91 Å². The predicted octanol–water partition coefficient (Wildman–Crippen LogP) is 3.72. The highest BCUT2D eigenvalue weighted by molar-refractivity contribution is 7.99. The summed E-state index contributed by atoms with van der Waals surface area (Å²) in [7, 11) is 1.58. The van der Waals surface area contributed by atoms with Crippen LogP contribution in [0.5, 0.6) is 5.75 Å². The molecule has 0 unspecified atom stereocenters. The van der Waals surface area contributed by atoms with Gasteiger partial charge in [-0.3, -0.25) is 14.5 Å². The number of anilines is 1. The molecule has 1 aliphatic rings. The second-order valence-corrected chi connectivity index (χ2v) is 8.85. The van der Waals surface area contributed by atoms with Gasteiger partial charge < -0.3 is 15.0 Å². The first-order valence-electron chi connectivity index (χ1n) is 10.2. The lowest BCUT2D eigenvalue weighted by Crippen LogP contribution is -2.35. The zero-order chi connectivity index (χ0) is 22.5. The van der Waals surface area contributed by atoms with Gasteiger partial charge in [0, 0.05) is 42.8 Å². The van der Waals surface area contributed by atoms with E-state index in [1.165, 1.54) is 11.8 Å². The number of thioether (sulfide) groups is 1. The molecule has 0 bridgehead atoms. The van der Waals surface area contributed by atoms with E-state index in [2.05, 4.69) is 20.2 Å². The highest BCUT2D eigenvalue weighted by Gasteiger charge is 2.21. The number of halogens is 1. The molecule has 0 aliphatic carbocycles. The molecule has 0 fully saturated rings. The van der Waals surface area contributed by atoms with Crippen molar-refractivity contribution in [3.8, 4) is 5.75 Å². The summed E-state index contributed by atoms with van der Waals surface area (Å²) in [6.07, 6.45) is 0.691. The third-order valence-corrected chi connectivity index (χ3v) is 6.26. The molecule has 32 heavy (non-hydrogen) atoms. The van der Waals surface area contributed by atoms with Crippen LogP contribution >= 0.6 is 23.4 Å². The van der Waals surface area contributed by atoms with Crippen molar-refractivity contribution in [2.24, 2.45) is 0 Å². The standard InChI is InChI=1S/C23H23ClN4O3S/c1-31-18-4-2-3-17(11-18)25-21(29)14-32-23-26-20-9-10-28(13-19(20)22(30)27-23)12-15-5-7-16(24)8-6-15/h2-8,11H,9-10,12-14H2,1H3,(H,25,29)(H,26,27,30). The Bertz CT molecular complexity index is 1170. The van der Waals surface area contributed by atoms with Crippen molar-refractivity contribution in [3.63, 3.8) is 0 Å². The number of aromatic amines is 1. The first-order chi connectivity index (χ1) is 15.5. The van der Waals surface area contributed by atoms with E-state index >= 15 is 0 Å². The Morgan fingerprint density at radius 3 is 2.88 bits per heavy atom. The molecule has 0 spiro atoms. The molecule has 7 nitrogen and oxygen atoms in total. The average Bonchev–Trinajstić information content (AvgIpc) is 2.80. The van der Waals surface area contributed by atoms with Crippen LogP contribution in [0.15, 0.2) is 58.5 Å². The van der Waals surface area contributed by atoms with Crippen molar-refractivity contribution in [1.82, 2.24) is 14.9 Å². The molecule has 1 amide bonds. The smallest absolute Gasteiger partial charge is 0.256 e. The van der Waals surface area contributed by atoms with Gasteiger partial charge in [-0.05, 0) is 29.8 Å². The minimum absolute atomic E-state index is 0.141. The van der Waals surface area contributed by atoms with Gasteiger partial charge in [0.1, 0.15) is 5.75 Å². The summed E-state index contributed by atoms with van der Waals surface area (Å²) in [5, 5.41) is 3.99. The number of amides is 1. The number of fused-ring (bicyclic) bond motifs is 1. The molecule has 0 radical (unpaired) electrons. The molecule has 166 valence electrons. The van der Waals surface area contributed by atoms with Crippen LogP contribution < -0.4 is 15.6 Å². The lowest BCUT2D eigenvalue weighted by atomic mass is 10.1. The van der Waals surface area contributed by atoms with Crippen molar-refractivity contribution in [3.05, 3.63) is 80.7 Å². The highest BCUT2D eigenvalue weighted by Crippen LogP contribution is 2.21. The first kappa shape index (κ1) is 22.4. The third kappa shape index (κ3) is 5.70. The van der Waals surface area contributed by atoms with Gasteiger partial charge in [-0.25, -0.2) is 4.98 Å². The van der Waals surface area contributed by atoms with Crippen LogP contribution in [-0.2, 0) is 24.3 Å². The maximum absolute atomic E-state index is 12.7. The van der Waals surface area contributed by atoms with Gasteiger partial charge in [0.15, 0.2) is 5.16 Å². The lowest BCUT2D eigenvalue weighted by molar-refractivity contribution is -0.113. The lowest BCUT2D eigenvalue weighted by Gasteiger charge is -2.27. The van der Waals surface area contributed by atoms with E-state index in [4.69, 9.17) is 16.3 Å². The van der Waals surface area contributed by atoms with Crippen LogP contribution in [0.4, 0.5) is 5.69 Å². The quantitative estimate of drug-likeness (QED) is 0.404. The van der Waals surface area contributed by atoms with Crippen LogP contribution in [-0.4, -0.2) is 40.2 Å². The number of H-pyrrole nitrogens is 1. The zero-order valence-corrected chi connectivity index (χ0v) is 19.1. The molecule has 2 heterocycles. The number of methoxy groups -OCH3 is 1. The van der Waals surface area contributed by atoms with E-state index in [0.29, 0.717) is 40.1 Å². The van der Waals surface area contributed by atoms with Crippen LogP contribution in [0.1, 0.15) is 16.8 Å². The van der Waals surface area contributed by atoms with E-state index in [0.717, 1.165) is 24.3 Å². The van der Waals surface area contributed by atoms with Gasteiger partial charge in [-0.2, -0.15) is 0 Å². The third-order valence-electron chi connectivity index (χ3n) is 5.14.